The van der Waals surface area contributed by atoms with Crippen molar-refractivity contribution in [2.45, 2.75) is 368 Å². The van der Waals surface area contributed by atoms with E-state index in [9.17, 15) is 43.2 Å². The van der Waals surface area contributed by atoms with Gasteiger partial charge in [-0.3, -0.25) is 37.3 Å². The van der Waals surface area contributed by atoms with Crippen LogP contribution >= 0.6 is 15.6 Å². The maximum atomic E-state index is 13.1. The minimum Gasteiger partial charge on any atom is -0.462 e. The number of carbonyl (C=O) groups excluding carboxylic acids is 4. The SMILES string of the molecule is CCCCCC/C=C\C=C/CCCCCCCC(=O)OC[C@H](COP(=O)(O)OC[C@@H](O)COP(=O)(O)OC[C@@H](COC(=O)CCCCCCCCCCCC(C)C)OC(=O)CCCCCCCCCCCCCC(C)C)OC(=O)CCCCCCC/C=C\C=C/CCCCCC. The van der Waals surface area contributed by atoms with E-state index >= 15 is 0 Å². The van der Waals surface area contributed by atoms with Crippen molar-refractivity contribution < 1.29 is 80.2 Å². The molecule has 96 heavy (non-hydrogen) atoms. The predicted molar refractivity (Wildman–Crippen MR) is 390 cm³/mol. The van der Waals surface area contributed by atoms with Crippen molar-refractivity contribution in [3.63, 3.8) is 0 Å². The molecule has 0 spiro atoms. The Kier molecular flexibility index (Phi) is 65.7. The zero-order chi connectivity index (χ0) is 70.7. The van der Waals surface area contributed by atoms with Gasteiger partial charge in [-0.15, -0.1) is 0 Å². The summed E-state index contributed by atoms with van der Waals surface area (Å²) in [5.41, 5.74) is 0. The van der Waals surface area contributed by atoms with Gasteiger partial charge < -0.3 is 33.8 Å². The molecule has 19 heteroatoms. The number of unbranched alkanes of at least 4 members (excludes halogenated alkanes) is 36. The normalized spacial score (nSPS) is 14.3. The Morgan fingerprint density at radius 3 is 0.844 bits per heavy atom. The van der Waals surface area contributed by atoms with E-state index in [1.807, 2.05) is 0 Å². The Bertz CT molecular complexity index is 2040. The summed E-state index contributed by atoms with van der Waals surface area (Å²) in [6, 6.07) is 0. The lowest BCUT2D eigenvalue weighted by Crippen LogP contribution is -2.30. The number of allylic oxidation sites excluding steroid dienone is 8. The Labute approximate surface area is 585 Å². The Morgan fingerprint density at radius 1 is 0.323 bits per heavy atom. The first-order valence-corrected chi connectivity index (χ1v) is 41.6. The lowest BCUT2D eigenvalue weighted by molar-refractivity contribution is -0.161. The Morgan fingerprint density at radius 2 is 0.562 bits per heavy atom. The van der Waals surface area contributed by atoms with E-state index in [-0.39, 0.29) is 25.7 Å². The van der Waals surface area contributed by atoms with E-state index in [0.29, 0.717) is 25.7 Å². The highest BCUT2D eigenvalue weighted by Gasteiger charge is 2.30. The third-order valence-corrected chi connectivity index (χ3v) is 18.6. The molecule has 0 radical (unpaired) electrons. The average molecular weight is 1400 g/mol. The molecular weight excluding hydrogens is 1260 g/mol. The molecule has 0 aromatic rings. The molecule has 0 saturated heterocycles. The van der Waals surface area contributed by atoms with Gasteiger partial charge in [-0.1, -0.05) is 296 Å². The van der Waals surface area contributed by atoms with Crippen LogP contribution in [-0.4, -0.2) is 96.7 Å². The largest absolute Gasteiger partial charge is 0.472 e. The number of phosphoric acid groups is 2. The number of hydrogen-bond donors (Lipinski definition) is 3. The molecule has 0 saturated carbocycles. The van der Waals surface area contributed by atoms with Crippen LogP contribution in [0.4, 0.5) is 0 Å². The number of aliphatic hydroxyl groups excluding tert-OH is 1. The third kappa shape index (κ3) is 69.5. The maximum Gasteiger partial charge on any atom is 0.472 e. The van der Waals surface area contributed by atoms with Crippen LogP contribution in [0.2, 0.25) is 0 Å². The van der Waals surface area contributed by atoms with Crippen molar-refractivity contribution in [3.8, 4) is 0 Å². The summed E-state index contributed by atoms with van der Waals surface area (Å²) in [7, 11) is -9.94. The fourth-order valence-electron chi connectivity index (χ4n) is 10.7. The molecule has 0 fully saturated rings. The quantitative estimate of drug-likeness (QED) is 0.0169. The lowest BCUT2D eigenvalue weighted by Gasteiger charge is -2.21. The van der Waals surface area contributed by atoms with Gasteiger partial charge >= 0.3 is 39.5 Å². The van der Waals surface area contributed by atoms with Crippen molar-refractivity contribution in [2.75, 3.05) is 39.6 Å². The summed E-state index contributed by atoms with van der Waals surface area (Å²) < 4.78 is 68.5. The monoisotopic (exact) mass is 1400 g/mol. The zero-order valence-electron chi connectivity index (χ0n) is 61.6. The molecule has 0 aromatic heterocycles. The van der Waals surface area contributed by atoms with Gasteiger partial charge in [0, 0.05) is 25.7 Å². The minimum absolute atomic E-state index is 0.0780. The van der Waals surface area contributed by atoms with E-state index in [1.54, 1.807) is 0 Å². The van der Waals surface area contributed by atoms with Crippen LogP contribution in [-0.2, 0) is 65.4 Å². The molecule has 2 unspecified atom stereocenters. The molecule has 0 aromatic carbocycles. The van der Waals surface area contributed by atoms with Crippen LogP contribution < -0.4 is 0 Å². The molecule has 0 aliphatic carbocycles. The summed E-state index contributed by atoms with van der Waals surface area (Å²) in [4.78, 5) is 72.8. The topological polar surface area (TPSA) is 237 Å². The van der Waals surface area contributed by atoms with Crippen LogP contribution in [0.5, 0.6) is 0 Å². The van der Waals surface area contributed by atoms with Crippen molar-refractivity contribution >= 4 is 39.5 Å². The second-order valence-electron chi connectivity index (χ2n) is 27.3. The second kappa shape index (κ2) is 67.8. The van der Waals surface area contributed by atoms with Crippen LogP contribution in [0.3, 0.4) is 0 Å². The summed E-state index contributed by atoms with van der Waals surface area (Å²) in [6.07, 6.45) is 61.2. The number of carbonyl (C=O) groups is 4. The number of hydrogen-bond acceptors (Lipinski definition) is 15. The van der Waals surface area contributed by atoms with Gasteiger partial charge in [-0.25, -0.2) is 9.13 Å². The fourth-order valence-corrected chi connectivity index (χ4v) is 12.3. The number of phosphoric ester groups is 2. The number of esters is 4. The molecular formula is C77H142O17P2. The van der Waals surface area contributed by atoms with Gasteiger partial charge in [0.15, 0.2) is 12.2 Å². The van der Waals surface area contributed by atoms with Gasteiger partial charge in [-0.2, -0.15) is 0 Å². The Hall–Kier alpha value is -2.98. The second-order valence-corrected chi connectivity index (χ2v) is 30.2. The predicted octanol–water partition coefficient (Wildman–Crippen LogP) is 21.8. The standard InChI is InChI=1S/C77H142O17P2/c1-7-9-11-13-15-17-19-21-23-25-29-35-41-47-53-59-74(79)87-65-72(93-76(81)61-55-49-43-36-30-26-24-22-20-18-16-14-12-10-8-2)67-91-95(83,84)89-63-71(78)64-90-96(85,86)92-68-73(66-88-75(80)60-54-48-42-38-32-34-40-46-52-58-70(5)6)94-77(82)62-56-50-44-37-31-27-28-33-39-45-51-57-69(3)4/h17-24,69-73,78H,7-16,25-68H2,1-6H3,(H,83,84)(H,85,86)/b19-17-,20-18-,23-21-,24-22-/t71-,72-,73-/m1/s1. The average Bonchev–Trinajstić information content (AvgIpc) is 1.13. The van der Waals surface area contributed by atoms with Gasteiger partial charge in [0.25, 0.3) is 0 Å². The van der Waals surface area contributed by atoms with Gasteiger partial charge in [0.2, 0.25) is 0 Å². The highest BCUT2D eigenvalue weighted by Crippen LogP contribution is 2.45. The molecule has 0 aliphatic rings. The van der Waals surface area contributed by atoms with Gasteiger partial charge in [-0.05, 0) is 88.9 Å². The van der Waals surface area contributed by atoms with Gasteiger partial charge in [0.1, 0.15) is 19.3 Å². The molecule has 0 rings (SSSR count). The van der Waals surface area contributed by atoms with Crippen LogP contribution in [0.1, 0.15) is 350 Å². The fraction of sp³-hybridized carbons (Fsp3) is 0.844. The number of rotatable bonds is 72. The summed E-state index contributed by atoms with van der Waals surface area (Å²) in [5.74, 6) is -0.673. The van der Waals surface area contributed by atoms with Crippen molar-refractivity contribution in [3.05, 3.63) is 48.6 Å². The van der Waals surface area contributed by atoms with Crippen LogP contribution in [0, 0.1) is 11.8 Å². The maximum absolute atomic E-state index is 13.1. The summed E-state index contributed by atoms with van der Waals surface area (Å²) in [6.45, 7) is 9.44. The molecule has 0 amide bonds. The lowest BCUT2D eigenvalue weighted by atomic mass is 10.0. The molecule has 17 nitrogen and oxygen atoms in total. The molecule has 5 atom stereocenters. The van der Waals surface area contributed by atoms with Crippen molar-refractivity contribution in [2.24, 2.45) is 11.8 Å². The molecule has 0 heterocycles. The van der Waals surface area contributed by atoms with E-state index in [4.69, 9.17) is 37.0 Å². The van der Waals surface area contributed by atoms with Crippen molar-refractivity contribution in [1.82, 2.24) is 0 Å². The summed E-state index contributed by atoms with van der Waals surface area (Å²) >= 11 is 0. The smallest absolute Gasteiger partial charge is 0.462 e. The van der Waals surface area contributed by atoms with E-state index < -0.39 is 97.5 Å². The van der Waals surface area contributed by atoms with E-state index in [1.165, 1.54) is 135 Å². The first-order valence-electron chi connectivity index (χ1n) is 38.6. The van der Waals surface area contributed by atoms with E-state index in [0.717, 1.165) is 134 Å². The zero-order valence-corrected chi connectivity index (χ0v) is 63.4. The molecule has 0 bridgehead atoms. The highest BCUT2D eigenvalue weighted by atomic mass is 31.2. The first kappa shape index (κ1) is 93.0. The summed E-state index contributed by atoms with van der Waals surface area (Å²) in [5, 5.41) is 10.6. The Balaban J connectivity index is 5.34. The van der Waals surface area contributed by atoms with Crippen molar-refractivity contribution in [1.29, 1.82) is 0 Å². The van der Waals surface area contributed by atoms with E-state index in [2.05, 4.69) is 90.2 Å². The molecule has 562 valence electrons. The third-order valence-electron chi connectivity index (χ3n) is 16.7. The van der Waals surface area contributed by atoms with Crippen LogP contribution in [0.25, 0.3) is 0 Å². The minimum atomic E-state index is -4.97. The molecule has 0 aliphatic heterocycles. The molecule has 3 N–H and O–H groups in total. The van der Waals surface area contributed by atoms with Gasteiger partial charge in [0.05, 0.1) is 26.4 Å². The number of ether oxygens (including phenoxy) is 4. The van der Waals surface area contributed by atoms with Crippen LogP contribution in [0.15, 0.2) is 48.6 Å². The number of aliphatic hydroxyl groups is 1. The first-order chi connectivity index (χ1) is 46.4. The highest BCUT2D eigenvalue weighted by molar-refractivity contribution is 7.47.